The molecule has 0 bridgehead atoms. The monoisotopic (exact) mass is 462 g/mol. The standard InChI is InChI=1S/C25H21ClN2O2.CH2O2/c26-22-14-21(25(29)28-17-7-5-8-17)24(20-10-3-2-9-19(20)22)30-15-18-13-12-16-6-1-4-11-23(16)27-18;2-1-3/h1-4,6,9-14,17H,5,7-8,15H2,(H,28,29);1H,(H,2,3). The summed E-state index contributed by atoms with van der Waals surface area (Å²) >= 11 is 6.50. The van der Waals surface area contributed by atoms with Gasteiger partial charge >= 0.3 is 0 Å². The first-order chi connectivity index (χ1) is 16.1. The van der Waals surface area contributed by atoms with Crippen LogP contribution < -0.4 is 10.1 Å². The van der Waals surface area contributed by atoms with E-state index < -0.39 is 0 Å². The van der Waals surface area contributed by atoms with Crippen LogP contribution in [0.15, 0.2) is 66.7 Å². The number of ether oxygens (including phenoxy) is 1. The van der Waals surface area contributed by atoms with Gasteiger partial charge in [0.05, 0.1) is 16.8 Å². The second-order valence-corrected chi connectivity index (χ2v) is 8.18. The molecule has 0 atom stereocenters. The number of hydrogen-bond donors (Lipinski definition) is 2. The Hall–Kier alpha value is -3.64. The Morgan fingerprint density at radius 3 is 2.52 bits per heavy atom. The van der Waals surface area contributed by atoms with Crippen molar-refractivity contribution in [1.82, 2.24) is 10.3 Å². The topological polar surface area (TPSA) is 88.5 Å². The van der Waals surface area contributed by atoms with Gasteiger partial charge in [0.15, 0.2) is 0 Å². The van der Waals surface area contributed by atoms with E-state index in [9.17, 15) is 4.79 Å². The highest BCUT2D eigenvalue weighted by Gasteiger charge is 2.24. The summed E-state index contributed by atoms with van der Waals surface area (Å²) in [5, 5.41) is 13.3. The molecule has 0 radical (unpaired) electrons. The van der Waals surface area contributed by atoms with Crippen molar-refractivity contribution < 1.29 is 19.4 Å². The molecule has 0 spiro atoms. The molecular weight excluding hydrogens is 440 g/mol. The number of carbonyl (C=O) groups excluding carboxylic acids is 1. The molecule has 4 aromatic rings. The first-order valence-corrected chi connectivity index (χ1v) is 11.1. The molecule has 3 aromatic carbocycles. The largest absolute Gasteiger partial charge is 0.486 e. The molecule has 0 saturated heterocycles. The van der Waals surface area contributed by atoms with Crippen molar-refractivity contribution in [2.45, 2.75) is 31.9 Å². The summed E-state index contributed by atoms with van der Waals surface area (Å²) in [6, 6.07) is 21.6. The number of amides is 1. The van der Waals surface area contributed by atoms with Crippen LogP contribution in [0.5, 0.6) is 5.75 Å². The van der Waals surface area contributed by atoms with Crippen molar-refractivity contribution in [3.8, 4) is 5.75 Å². The smallest absolute Gasteiger partial charge is 0.290 e. The van der Waals surface area contributed by atoms with Crippen LogP contribution in [-0.2, 0) is 11.4 Å². The molecule has 1 aromatic heterocycles. The fourth-order valence-corrected chi connectivity index (χ4v) is 4.05. The van der Waals surface area contributed by atoms with Gasteiger partial charge in [-0.1, -0.05) is 60.1 Å². The molecule has 0 unspecified atom stereocenters. The van der Waals surface area contributed by atoms with E-state index in [0.29, 0.717) is 16.3 Å². The molecule has 1 fully saturated rings. The van der Waals surface area contributed by atoms with Gasteiger partial charge in [-0.05, 0) is 37.5 Å². The summed E-state index contributed by atoms with van der Waals surface area (Å²) in [4.78, 5) is 26.0. The molecule has 1 aliphatic carbocycles. The SMILES string of the molecule is O=C(NC1CCC1)c1cc(Cl)c2ccccc2c1OCc1ccc2ccccc2n1.O=CO. The van der Waals surface area contributed by atoms with Gasteiger partial charge in [0, 0.05) is 27.2 Å². The van der Waals surface area contributed by atoms with E-state index in [1.54, 1.807) is 6.07 Å². The summed E-state index contributed by atoms with van der Waals surface area (Å²) in [5.41, 5.74) is 2.19. The summed E-state index contributed by atoms with van der Waals surface area (Å²) in [6.45, 7) is 0.0141. The van der Waals surface area contributed by atoms with Crippen LogP contribution in [0.3, 0.4) is 0 Å². The lowest BCUT2D eigenvalue weighted by Crippen LogP contribution is -2.39. The number of nitrogens with one attached hydrogen (secondary N) is 1. The van der Waals surface area contributed by atoms with Gasteiger partial charge in [0.1, 0.15) is 12.4 Å². The summed E-state index contributed by atoms with van der Waals surface area (Å²) in [5.74, 6) is 0.399. The number of nitrogens with zero attached hydrogens (tertiary/aromatic N) is 1. The molecule has 7 heteroatoms. The highest BCUT2D eigenvalue weighted by molar-refractivity contribution is 6.36. The lowest BCUT2D eigenvalue weighted by atomic mass is 9.92. The van der Waals surface area contributed by atoms with E-state index in [0.717, 1.165) is 46.6 Å². The highest BCUT2D eigenvalue weighted by Crippen LogP contribution is 2.36. The molecular formula is C26H23ClN2O4. The minimum absolute atomic E-state index is 0.145. The average molecular weight is 463 g/mol. The van der Waals surface area contributed by atoms with Crippen molar-refractivity contribution >= 4 is 45.7 Å². The predicted octanol–water partition coefficient (Wildman–Crippen LogP) is 5.60. The van der Waals surface area contributed by atoms with E-state index in [-0.39, 0.29) is 25.0 Å². The van der Waals surface area contributed by atoms with Gasteiger partial charge in [-0.15, -0.1) is 0 Å². The van der Waals surface area contributed by atoms with E-state index in [4.69, 9.17) is 26.2 Å². The van der Waals surface area contributed by atoms with E-state index in [2.05, 4.69) is 10.3 Å². The Morgan fingerprint density at radius 1 is 1.09 bits per heavy atom. The number of fused-ring (bicyclic) bond motifs is 2. The van der Waals surface area contributed by atoms with Crippen LogP contribution >= 0.6 is 11.6 Å². The van der Waals surface area contributed by atoms with E-state index in [1.165, 1.54) is 0 Å². The third-order valence-corrected chi connectivity index (χ3v) is 5.96. The molecule has 5 rings (SSSR count). The highest BCUT2D eigenvalue weighted by atomic mass is 35.5. The van der Waals surface area contributed by atoms with Gasteiger partial charge in [-0.3, -0.25) is 9.59 Å². The lowest BCUT2D eigenvalue weighted by molar-refractivity contribution is -0.122. The Bertz CT molecular complexity index is 1300. The molecule has 2 N–H and O–H groups in total. The Labute approximate surface area is 196 Å². The fourth-order valence-electron chi connectivity index (χ4n) is 3.78. The van der Waals surface area contributed by atoms with Crippen LogP contribution in [0.2, 0.25) is 5.02 Å². The Balaban J connectivity index is 0.000000821. The normalized spacial score (nSPS) is 13.0. The Kier molecular flexibility index (Phi) is 7.05. The van der Waals surface area contributed by atoms with Gasteiger partial charge in [-0.25, -0.2) is 4.98 Å². The van der Waals surface area contributed by atoms with Gasteiger partial charge in [0.25, 0.3) is 12.4 Å². The number of rotatable bonds is 5. The average Bonchev–Trinajstić information content (AvgIpc) is 2.81. The predicted molar refractivity (Wildman–Crippen MR) is 129 cm³/mol. The van der Waals surface area contributed by atoms with Crippen LogP contribution in [0.1, 0.15) is 35.3 Å². The van der Waals surface area contributed by atoms with Crippen LogP contribution in [0.25, 0.3) is 21.7 Å². The molecule has 6 nitrogen and oxygen atoms in total. The lowest BCUT2D eigenvalue weighted by Gasteiger charge is -2.27. The molecule has 1 heterocycles. The summed E-state index contributed by atoms with van der Waals surface area (Å²) in [7, 11) is 0. The summed E-state index contributed by atoms with van der Waals surface area (Å²) in [6.07, 6.45) is 3.19. The van der Waals surface area contributed by atoms with Crippen molar-refractivity contribution in [2.75, 3.05) is 0 Å². The number of halogens is 1. The Morgan fingerprint density at radius 2 is 1.79 bits per heavy atom. The molecule has 0 aliphatic heterocycles. The molecule has 33 heavy (non-hydrogen) atoms. The van der Waals surface area contributed by atoms with Crippen molar-refractivity contribution in [2.24, 2.45) is 0 Å². The van der Waals surface area contributed by atoms with Crippen LogP contribution in [-0.4, -0.2) is 28.5 Å². The zero-order valence-electron chi connectivity index (χ0n) is 17.8. The minimum atomic E-state index is -0.250. The van der Waals surface area contributed by atoms with Gasteiger partial charge < -0.3 is 15.2 Å². The first kappa shape index (κ1) is 22.6. The van der Waals surface area contributed by atoms with Crippen molar-refractivity contribution in [3.63, 3.8) is 0 Å². The summed E-state index contributed by atoms with van der Waals surface area (Å²) < 4.78 is 6.21. The van der Waals surface area contributed by atoms with E-state index >= 15 is 0 Å². The second-order valence-electron chi connectivity index (χ2n) is 7.77. The number of pyridine rings is 1. The number of hydrogen-bond acceptors (Lipinski definition) is 4. The third kappa shape index (κ3) is 5.07. The first-order valence-electron chi connectivity index (χ1n) is 10.7. The zero-order valence-corrected chi connectivity index (χ0v) is 18.6. The minimum Gasteiger partial charge on any atom is -0.486 e. The van der Waals surface area contributed by atoms with Crippen molar-refractivity contribution in [1.29, 1.82) is 0 Å². The maximum Gasteiger partial charge on any atom is 0.290 e. The second kappa shape index (κ2) is 10.3. The van der Waals surface area contributed by atoms with Gasteiger partial charge in [0.2, 0.25) is 0 Å². The van der Waals surface area contributed by atoms with Crippen LogP contribution in [0, 0.1) is 0 Å². The van der Waals surface area contributed by atoms with Gasteiger partial charge in [-0.2, -0.15) is 0 Å². The molecule has 168 valence electrons. The fraction of sp³-hybridized carbons (Fsp3) is 0.192. The molecule has 1 aliphatic rings. The third-order valence-electron chi connectivity index (χ3n) is 5.65. The molecule has 1 saturated carbocycles. The van der Waals surface area contributed by atoms with Crippen molar-refractivity contribution in [3.05, 3.63) is 83.0 Å². The number of aromatic nitrogens is 1. The number of benzene rings is 3. The van der Waals surface area contributed by atoms with Crippen LogP contribution in [0.4, 0.5) is 0 Å². The number of carbonyl (C=O) groups is 2. The van der Waals surface area contributed by atoms with E-state index in [1.807, 2.05) is 60.7 Å². The maximum absolute atomic E-state index is 13.0. The maximum atomic E-state index is 13.0. The number of carboxylic acid groups (broad SMARTS) is 1. The number of para-hydroxylation sites is 1. The zero-order chi connectivity index (χ0) is 23.2. The molecule has 1 amide bonds. The quantitative estimate of drug-likeness (QED) is 0.377.